The highest BCUT2D eigenvalue weighted by Crippen LogP contribution is 2.24. The molecule has 0 aliphatic rings. The van der Waals surface area contributed by atoms with Crippen molar-refractivity contribution in [3.63, 3.8) is 0 Å². The molecule has 1 heterocycles. The normalized spacial score (nSPS) is 10.6. The van der Waals surface area contributed by atoms with E-state index in [1.54, 1.807) is 24.4 Å². The molecule has 3 aromatic rings. The van der Waals surface area contributed by atoms with Crippen molar-refractivity contribution in [3.8, 4) is 0 Å². The third-order valence-corrected chi connectivity index (χ3v) is 4.54. The second kappa shape index (κ2) is 8.25. The van der Waals surface area contributed by atoms with E-state index < -0.39 is 27.1 Å². The summed E-state index contributed by atoms with van der Waals surface area (Å²) in [6.45, 7) is 0.356. The van der Waals surface area contributed by atoms with Crippen LogP contribution >= 0.6 is 23.2 Å². The van der Waals surface area contributed by atoms with Gasteiger partial charge in [0.25, 0.3) is 17.3 Å². The van der Waals surface area contributed by atoms with E-state index in [-0.39, 0.29) is 11.4 Å². The molecule has 0 spiro atoms. The number of hydrogen-bond donors (Lipinski definition) is 1. The maximum Gasteiger partial charge on any atom is 0.277 e. The van der Waals surface area contributed by atoms with Gasteiger partial charge in [-0.2, -0.15) is 5.10 Å². The van der Waals surface area contributed by atoms with Crippen molar-refractivity contribution >= 4 is 46.3 Å². The summed E-state index contributed by atoms with van der Waals surface area (Å²) in [5.74, 6) is -0.596. The fourth-order valence-corrected chi connectivity index (χ4v) is 2.79. The van der Waals surface area contributed by atoms with Crippen molar-refractivity contribution < 1.29 is 14.6 Å². The smallest absolute Gasteiger partial charge is 0.277 e. The maximum atomic E-state index is 12.4. The lowest BCUT2D eigenvalue weighted by Gasteiger charge is -2.05. The fourth-order valence-electron chi connectivity index (χ4n) is 2.47. The molecule has 29 heavy (non-hydrogen) atoms. The lowest BCUT2D eigenvalue weighted by molar-refractivity contribution is -0.394. The standard InChI is InChI=1S/C17H11Cl2N5O5/c18-14-2-1-10(5-15(14)19)9-22-4-3-16(21-22)20-17(25)11-6-12(23(26)27)8-13(7-11)24(28)29/h1-8H,9H2,(H,20,21,25). The zero-order valence-electron chi connectivity index (χ0n) is 14.4. The summed E-state index contributed by atoms with van der Waals surface area (Å²) < 4.78 is 1.53. The highest BCUT2D eigenvalue weighted by Gasteiger charge is 2.20. The Morgan fingerprint density at radius 1 is 1.00 bits per heavy atom. The molecule has 1 amide bonds. The number of carbonyl (C=O) groups is 1. The molecule has 0 radical (unpaired) electrons. The van der Waals surface area contributed by atoms with Crippen molar-refractivity contribution in [2.75, 3.05) is 5.32 Å². The predicted octanol–water partition coefficient (Wildman–Crippen LogP) is 4.31. The molecule has 12 heteroatoms. The summed E-state index contributed by atoms with van der Waals surface area (Å²) in [7, 11) is 0. The van der Waals surface area contributed by atoms with Crippen molar-refractivity contribution in [2.45, 2.75) is 6.54 Å². The quantitative estimate of drug-likeness (QED) is 0.452. The molecule has 3 rings (SSSR count). The van der Waals surface area contributed by atoms with E-state index in [1.165, 1.54) is 10.7 Å². The van der Waals surface area contributed by atoms with Crippen LogP contribution in [-0.2, 0) is 6.54 Å². The summed E-state index contributed by atoms with van der Waals surface area (Å²) in [5, 5.41) is 29.4. The molecule has 148 valence electrons. The number of nitrogens with zero attached hydrogens (tertiary/aromatic N) is 4. The van der Waals surface area contributed by atoms with Crippen molar-refractivity contribution in [3.05, 3.63) is 90.1 Å². The fraction of sp³-hybridized carbons (Fsp3) is 0.0588. The van der Waals surface area contributed by atoms with Gasteiger partial charge in [-0.3, -0.25) is 29.7 Å². The van der Waals surface area contributed by atoms with Gasteiger partial charge < -0.3 is 5.32 Å². The van der Waals surface area contributed by atoms with Crippen molar-refractivity contribution in [2.24, 2.45) is 0 Å². The molecule has 0 aliphatic carbocycles. The van der Waals surface area contributed by atoms with Gasteiger partial charge in [-0.25, -0.2) is 0 Å². The van der Waals surface area contributed by atoms with Crippen LogP contribution in [0.3, 0.4) is 0 Å². The summed E-state index contributed by atoms with van der Waals surface area (Å²) >= 11 is 11.9. The number of carbonyl (C=O) groups excluding carboxylic acids is 1. The number of benzene rings is 2. The molecule has 10 nitrogen and oxygen atoms in total. The van der Waals surface area contributed by atoms with Gasteiger partial charge in [-0.1, -0.05) is 29.3 Å². The number of anilines is 1. The number of hydrogen-bond acceptors (Lipinski definition) is 6. The van der Waals surface area contributed by atoms with E-state index in [9.17, 15) is 25.0 Å². The molecule has 1 N–H and O–H groups in total. The van der Waals surface area contributed by atoms with E-state index in [4.69, 9.17) is 23.2 Å². The Morgan fingerprint density at radius 3 is 2.24 bits per heavy atom. The molecular weight excluding hydrogens is 425 g/mol. The average Bonchev–Trinajstić information content (AvgIpc) is 3.11. The average molecular weight is 436 g/mol. The molecule has 0 aliphatic heterocycles. The lowest BCUT2D eigenvalue weighted by atomic mass is 10.1. The Bertz CT molecular complexity index is 1100. The number of amides is 1. The Kier molecular flexibility index (Phi) is 5.76. The number of rotatable bonds is 6. The lowest BCUT2D eigenvalue weighted by Crippen LogP contribution is -2.13. The molecular formula is C17H11Cl2N5O5. The van der Waals surface area contributed by atoms with Gasteiger partial charge in [-0.15, -0.1) is 0 Å². The first-order valence-corrected chi connectivity index (χ1v) is 8.71. The summed E-state index contributed by atoms with van der Waals surface area (Å²) in [5.41, 5.74) is -0.524. The van der Waals surface area contributed by atoms with Gasteiger partial charge in [0.2, 0.25) is 0 Å². The second-order valence-corrected chi connectivity index (χ2v) is 6.67. The number of halogens is 2. The SMILES string of the molecule is O=C(Nc1ccn(Cc2ccc(Cl)c(Cl)c2)n1)c1cc([N+](=O)[O-])cc([N+](=O)[O-])c1. The number of aromatic nitrogens is 2. The Morgan fingerprint density at radius 2 is 1.66 bits per heavy atom. The van der Waals surface area contributed by atoms with Crippen LogP contribution in [0.4, 0.5) is 17.2 Å². The van der Waals surface area contributed by atoms with Gasteiger partial charge in [0.15, 0.2) is 5.82 Å². The molecule has 2 aromatic carbocycles. The second-order valence-electron chi connectivity index (χ2n) is 5.85. The number of nitro groups is 2. The number of non-ortho nitro benzene ring substituents is 2. The van der Waals surface area contributed by atoms with E-state index >= 15 is 0 Å². The van der Waals surface area contributed by atoms with Gasteiger partial charge in [0.05, 0.1) is 38.1 Å². The van der Waals surface area contributed by atoms with Gasteiger partial charge in [-0.05, 0) is 17.7 Å². The van der Waals surface area contributed by atoms with Crippen molar-refractivity contribution in [1.29, 1.82) is 0 Å². The predicted molar refractivity (Wildman–Crippen MR) is 105 cm³/mol. The van der Waals surface area contributed by atoms with Gasteiger partial charge in [0.1, 0.15) is 0 Å². The molecule has 0 bridgehead atoms. The topological polar surface area (TPSA) is 133 Å². The van der Waals surface area contributed by atoms with E-state index in [1.807, 2.05) is 0 Å². The first kappa shape index (κ1) is 20.2. The van der Waals surface area contributed by atoms with Crippen molar-refractivity contribution in [1.82, 2.24) is 9.78 Å². The van der Waals surface area contributed by atoms with E-state index in [0.717, 1.165) is 23.8 Å². The number of nitrogens with one attached hydrogen (secondary N) is 1. The molecule has 1 aromatic heterocycles. The zero-order valence-corrected chi connectivity index (χ0v) is 15.9. The van der Waals surface area contributed by atoms with E-state index in [0.29, 0.717) is 16.6 Å². The van der Waals surface area contributed by atoms with Crippen LogP contribution in [0.2, 0.25) is 10.0 Å². The Hall–Kier alpha value is -3.50. The van der Waals surface area contributed by atoms with Crippen LogP contribution in [0.15, 0.2) is 48.7 Å². The molecule has 0 fully saturated rings. The van der Waals surface area contributed by atoms with Crippen LogP contribution in [0.1, 0.15) is 15.9 Å². The van der Waals surface area contributed by atoms with Crippen LogP contribution in [-0.4, -0.2) is 25.5 Å². The molecule has 0 saturated carbocycles. The minimum atomic E-state index is -0.810. The monoisotopic (exact) mass is 435 g/mol. The summed E-state index contributed by atoms with van der Waals surface area (Å²) in [4.78, 5) is 32.7. The van der Waals surface area contributed by atoms with Gasteiger partial charge in [0, 0.05) is 24.4 Å². The number of nitro benzene ring substituents is 2. The minimum absolute atomic E-state index is 0.171. The van der Waals surface area contributed by atoms with Crippen LogP contribution in [0.25, 0.3) is 0 Å². The molecule has 0 saturated heterocycles. The van der Waals surface area contributed by atoms with E-state index in [2.05, 4.69) is 10.4 Å². The van der Waals surface area contributed by atoms with Crippen LogP contribution in [0.5, 0.6) is 0 Å². The highest BCUT2D eigenvalue weighted by molar-refractivity contribution is 6.42. The Labute approximate surface area is 173 Å². The summed E-state index contributed by atoms with van der Waals surface area (Å²) in [6, 6.07) is 9.32. The third-order valence-electron chi connectivity index (χ3n) is 3.80. The minimum Gasteiger partial charge on any atom is -0.305 e. The molecule has 0 atom stereocenters. The molecule has 0 unspecified atom stereocenters. The van der Waals surface area contributed by atoms with Crippen LogP contribution in [0, 0.1) is 20.2 Å². The zero-order chi connectivity index (χ0) is 21.1. The first-order chi connectivity index (χ1) is 13.7. The largest absolute Gasteiger partial charge is 0.305 e. The highest BCUT2D eigenvalue weighted by atomic mass is 35.5. The van der Waals surface area contributed by atoms with Gasteiger partial charge >= 0.3 is 0 Å². The Balaban J connectivity index is 1.77. The third kappa shape index (κ3) is 4.86. The summed E-state index contributed by atoms with van der Waals surface area (Å²) in [6.07, 6.45) is 1.61. The maximum absolute atomic E-state index is 12.4. The first-order valence-electron chi connectivity index (χ1n) is 7.95. The van der Waals surface area contributed by atoms with Crippen LogP contribution < -0.4 is 5.32 Å².